The Morgan fingerprint density at radius 2 is 2.17 bits per heavy atom. The van der Waals surface area contributed by atoms with E-state index in [1.54, 1.807) is 4.90 Å². The number of benzene rings is 1. The van der Waals surface area contributed by atoms with Gasteiger partial charge in [0.1, 0.15) is 6.04 Å². The number of anilines is 2. The largest absolute Gasteiger partial charge is 0.398 e. The molecular formula is C13H17N3O2. The van der Waals surface area contributed by atoms with Crippen molar-refractivity contribution < 1.29 is 9.59 Å². The molecule has 0 aliphatic carbocycles. The van der Waals surface area contributed by atoms with E-state index >= 15 is 0 Å². The van der Waals surface area contributed by atoms with Crippen LogP contribution < -0.4 is 16.0 Å². The third-order valence-corrected chi connectivity index (χ3v) is 3.24. The number of piperazine rings is 1. The molecule has 1 saturated heterocycles. The molecule has 5 heteroatoms. The van der Waals surface area contributed by atoms with Crippen molar-refractivity contribution in [2.75, 3.05) is 17.2 Å². The number of imide groups is 1. The average Bonchev–Trinajstić information content (AvgIpc) is 2.32. The molecule has 2 amide bonds. The smallest absolute Gasteiger partial charge is 0.249 e. The Morgan fingerprint density at radius 3 is 2.78 bits per heavy atom. The minimum atomic E-state index is -0.315. The van der Waals surface area contributed by atoms with Crippen LogP contribution in [-0.2, 0) is 9.59 Å². The van der Waals surface area contributed by atoms with Crippen molar-refractivity contribution in [2.45, 2.75) is 26.3 Å². The zero-order chi connectivity index (χ0) is 13.3. The highest BCUT2D eigenvalue weighted by Gasteiger charge is 2.32. The maximum atomic E-state index is 11.8. The van der Waals surface area contributed by atoms with Crippen molar-refractivity contribution in [1.82, 2.24) is 5.32 Å². The van der Waals surface area contributed by atoms with Gasteiger partial charge in [0.05, 0.1) is 6.54 Å². The predicted octanol–water partition coefficient (Wildman–Crippen LogP) is 0.819. The highest BCUT2D eigenvalue weighted by molar-refractivity contribution is 6.04. The Labute approximate surface area is 106 Å². The number of amides is 2. The maximum absolute atomic E-state index is 11.8. The molecule has 0 radical (unpaired) electrons. The van der Waals surface area contributed by atoms with Gasteiger partial charge < -0.3 is 10.6 Å². The highest BCUT2D eigenvalue weighted by atomic mass is 16.2. The van der Waals surface area contributed by atoms with Crippen LogP contribution in [0, 0.1) is 6.92 Å². The Balaban J connectivity index is 2.36. The van der Waals surface area contributed by atoms with Gasteiger partial charge in [0.2, 0.25) is 11.8 Å². The second kappa shape index (κ2) is 4.68. The van der Waals surface area contributed by atoms with Gasteiger partial charge in [0.25, 0.3) is 0 Å². The Morgan fingerprint density at radius 1 is 1.44 bits per heavy atom. The number of hydrogen-bond donors (Lipinski definition) is 2. The number of nitrogens with one attached hydrogen (secondary N) is 1. The third-order valence-electron chi connectivity index (χ3n) is 3.24. The van der Waals surface area contributed by atoms with E-state index in [4.69, 9.17) is 5.73 Å². The molecule has 5 nitrogen and oxygen atoms in total. The van der Waals surface area contributed by atoms with E-state index in [9.17, 15) is 9.59 Å². The van der Waals surface area contributed by atoms with Crippen LogP contribution in [-0.4, -0.2) is 24.4 Å². The summed E-state index contributed by atoms with van der Waals surface area (Å²) in [6.07, 6.45) is 0.646. The van der Waals surface area contributed by atoms with E-state index in [0.717, 1.165) is 11.3 Å². The first kappa shape index (κ1) is 12.4. The van der Waals surface area contributed by atoms with Crippen molar-refractivity contribution in [2.24, 2.45) is 0 Å². The van der Waals surface area contributed by atoms with E-state index < -0.39 is 0 Å². The topological polar surface area (TPSA) is 75.4 Å². The van der Waals surface area contributed by atoms with Crippen molar-refractivity contribution in [3.05, 3.63) is 23.8 Å². The SMILES string of the molecule is CCC1C(=O)NC(=O)CN1c1ccc(C)c(N)c1. The monoisotopic (exact) mass is 247 g/mol. The van der Waals surface area contributed by atoms with Crippen LogP contribution in [0.4, 0.5) is 11.4 Å². The first-order valence-electron chi connectivity index (χ1n) is 5.99. The molecule has 3 N–H and O–H groups in total. The summed E-state index contributed by atoms with van der Waals surface area (Å²) in [5.41, 5.74) is 8.34. The van der Waals surface area contributed by atoms with Gasteiger partial charge in [-0.15, -0.1) is 0 Å². The molecule has 1 aromatic carbocycles. The second-order valence-corrected chi connectivity index (χ2v) is 4.51. The van der Waals surface area contributed by atoms with Gasteiger partial charge in [-0.05, 0) is 31.0 Å². The molecule has 1 heterocycles. The summed E-state index contributed by atoms with van der Waals surface area (Å²) in [5.74, 6) is -0.517. The summed E-state index contributed by atoms with van der Waals surface area (Å²) in [5, 5.41) is 2.36. The molecule has 0 bridgehead atoms. The van der Waals surface area contributed by atoms with Crippen molar-refractivity contribution in [3.8, 4) is 0 Å². The Kier molecular flexibility index (Phi) is 3.23. The predicted molar refractivity (Wildman–Crippen MR) is 70.2 cm³/mol. The van der Waals surface area contributed by atoms with Crippen LogP contribution in [0.15, 0.2) is 18.2 Å². The fourth-order valence-corrected chi connectivity index (χ4v) is 2.15. The summed E-state index contributed by atoms with van der Waals surface area (Å²) in [7, 11) is 0. The van der Waals surface area contributed by atoms with Gasteiger partial charge in [0, 0.05) is 11.4 Å². The molecular weight excluding hydrogens is 230 g/mol. The van der Waals surface area contributed by atoms with Crippen molar-refractivity contribution in [1.29, 1.82) is 0 Å². The molecule has 96 valence electrons. The zero-order valence-electron chi connectivity index (χ0n) is 10.6. The van der Waals surface area contributed by atoms with Crippen LogP contribution in [0.3, 0.4) is 0 Å². The fourth-order valence-electron chi connectivity index (χ4n) is 2.15. The first-order valence-corrected chi connectivity index (χ1v) is 5.99. The molecule has 0 saturated carbocycles. The Bertz CT molecular complexity index is 499. The van der Waals surface area contributed by atoms with Crippen LogP contribution in [0.1, 0.15) is 18.9 Å². The summed E-state index contributed by atoms with van der Waals surface area (Å²) in [4.78, 5) is 25.0. The summed E-state index contributed by atoms with van der Waals surface area (Å²) >= 11 is 0. The van der Waals surface area contributed by atoms with Gasteiger partial charge in [0.15, 0.2) is 0 Å². The molecule has 1 aliphatic heterocycles. The summed E-state index contributed by atoms with van der Waals surface area (Å²) in [6.45, 7) is 4.03. The lowest BCUT2D eigenvalue weighted by Crippen LogP contribution is -2.58. The molecule has 0 aromatic heterocycles. The number of carbonyl (C=O) groups is 2. The number of rotatable bonds is 2. The third kappa shape index (κ3) is 2.16. The fraction of sp³-hybridized carbons (Fsp3) is 0.385. The van der Waals surface area contributed by atoms with Gasteiger partial charge >= 0.3 is 0 Å². The number of carbonyl (C=O) groups excluding carboxylic acids is 2. The number of hydrogen-bond acceptors (Lipinski definition) is 4. The van der Waals surface area contributed by atoms with Gasteiger partial charge in [-0.2, -0.15) is 0 Å². The number of nitrogen functional groups attached to an aromatic ring is 1. The minimum Gasteiger partial charge on any atom is -0.398 e. The van der Waals surface area contributed by atoms with Crippen LogP contribution >= 0.6 is 0 Å². The van der Waals surface area contributed by atoms with E-state index in [1.165, 1.54) is 0 Å². The van der Waals surface area contributed by atoms with Crippen LogP contribution in [0.25, 0.3) is 0 Å². The molecule has 18 heavy (non-hydrogen) atoms. The molecule has 1 unspecified atom stereocenters. The molecule has 1 fully saturated rings. The van der Waals surface area contributed by atoms with E-state index in [0.29, 0.717) is 12.1 Å². The van der Waals surface area contributed by atoms with E-state index in [1.807, 2.05) is 32.0 Å². The number of aryl methyl sites for hydroxylation is 1. The van der Waals surface area contributed by atoms with Crippen LogP contribution in [0.5, 0.6) is 0 Å². The van der Waals surface area contributed by atoms with Crippen molar-refractivity contribution in [3.63, 3.8) is 0 Å². The van der Waals surface area contributed by atoms with Gasteiger partial charge in [-0.1, -0.05) is 13.0 Å². The highest BCUT2D eigenvalue weighted by Crippen LogP contribution is 2.24. The van der Waals surface area contributed by atoms with Gasteiger partial charge in [-0.3, -0.25) is 14.9 Å². The van der Waals surface area contributed by atoms with Gasteiger partial charge in [-0.25, -0.2) is 0 Å². The first-order chi connectivity index (χ1) is 8.52. The second-order valence-electron chi connectivity index (χ2n) is 4.51. The molecule has 1 atom stereocenters. The van der Waals surface area contributed by atoms with Crippen LogP contribution in [0.2, 0.25) is 0 Å². The van der Waals surface area contributed by atoms with Crippen molar-refractivity contribution >= 4 is 23.2 Å². The lowest BCUT2D eigenvalue weighted by molar-refractivity contribution is -0.132. The maximum Gasteiger partial charge on any atom is 0.249 e. The standard InChI is InChI=1S/C13H17N3O2/c1-3-11-13(18)15-12(17)7-16(11)9-5-4-8(2)10(14)6-9/h4-6,11H,3,7,14H2,1-2H3,(H,15,17,18). The summed E-state index contributed by atoms with van der Waals surface area (Å²) in [6, 6.07) is 5.28. The Hall–Kier alpha value is -2.04. The molecule has 1 aliphatic rings. The normalized spacial score (nSPS) is 19.9. The lowest BCUT2D eigenvalue weighted by Gasteiger charge is -2.35. The van der Waals surface area contributed by atoms with E-state index in [2.05, 4.69) is 5.32 Å². The molecule has 2 rings (SSSR count). The number of nitrogens with zero attached hydrogens (tertiary/aromatic N) is 1. The minimum absolute atomic E-state index is 0.187. The lowest BCUT2D eigenvalue weighted by atomic mass is 10.1. The quantitative estimate of drug-likeness (QED) is 0.599. The summed E-state index contributed by atoms with van der Waals surface area (Å²) < 4.78 is 0. The van der Waals surface area contributed by atoms with E-state index in [-0.39, 0.29) is 24.4 Å². The number of nitrogens with two attached hydrogens (primary N) is 1. The molecule has 1 aromatic rings. The molecule has 0 spiro atoms. The average molecular weight is 247 g/mol. The zero-order valence-corrected chi connectivity index (χ0v) is 10.6.